The van der Waals surface area contributed by atoms with E-state index in [1.165, 1.54) is 12.1 Å². The molecule has 0 saturated carbocycles. The molecule has 0 spiro atoms. The molecule has 0 bridgehead atoms. The molecule has 4 nitrogen and oxygen atoms in total. The number of rotatable bonds is 4. The van der Waals surface area contributed by atoms with E-state index in [-0.39, 0.29) is 11.9 Å². The second-order valence-electron chi connectivity index (χ2n) is 4.68. The lowest BCUT2D eigenvalue weighted by molar-refractivity contribution is 0.0170. The van der Waals surface area contributed by atoms with Crippen molar-refractivity contribution in [3.63, 3.8) is 0 Å². The Morgan fingerprint density at radius 2 is 2.00 bits per heavy atom. The highest BCUT2D eigenvalue weighted by Crippen LogP contribution is 2.21. The van der Waals surface area contributed by atoms with Gasteiger partial charge < -0.3 is 15.4 Å². The third-order valence-corrected chi connectivity index (χ3v) is 3.77. The summed E-state index contributed by atoms with van der Waals surface area (Å²) in [5.74, 6) is -0.215. The SMILES string of the molecule is CNC(=S)NC[C@H](c1ccc(F)cc1)N1CCOCC1. The fraction of sp³-hybridized carbons (Fsp3) is 0.500. The highest BCUT2D eigenvalue weighted by molar-refractivity contribution is 7.80. The zero-order valence-electron chi connectivity index (χ0n) is 11.6. The number of nitrogens with one attached hydrogen (secondary N) is 2. The fourth-order valence-electron chi connectivity index (χ4n) is 2.31. The maximum absolute atomic E-state index is 13.1. The number of morpholine rings is 1. The van der Waals surface area contributed by atoms with Crippen LogP contribution < -0.4 is 10.6 Å². The predicted molar refractivity (Wildman–Crippen MR) is 81.2 cm³/mol. The zero-order valence-corrected chi connectivity index (χ0v) is 12.4. The van der Waals surface area contributed by atoms with Gasteiger partial charge in [-0.25, -0.2) is 4.39 Å². The van der Waals surface area contributed by atoms with Gasteiger partial charge in [0.15, 0.2) is 5.11 Å². The van der Waals surface area contributed by atoms with Gasteiger partial charge in [-0.15, -0.1) is 0 Å². The molecular weight excluding hydrogens is 277 g/mol. The third kappa shape index (κ3) is 4.13. The van der Waals surface area contributed by atoms with Gasteiger partial charge in [-0.1, -0.05) is 12.1 Å². The minimum atomic E-state index is -0.215. The monoisotopic (exact) mass is 297 g/mol. The van der Waals surface area contributed by atoms with Crippen molar-refractivity contribution >= 4 is 17.3 Å². The maximum atomic E-state index is 13.1. The molecular formula is C14H20FN3OS. The summed E-state index contributed by atoms with van der Waals surface area (Å²) in [4.78, 5) is 2.34. The van der Waals surface area contributed by atoms with E-state index in [2.05, 4.69) is 15.5 Å². The Morgan fingerprint density at radius 3 is 2.60 bits per heavy atom. The number of ether oxygens (including phenoxy) is 1. The average molecular weight is 297 g/mol. The first-order valence-electron chi connectivity index (χ1n) is 6.73. The second kappa shape index (κ2) is 7.52. The summed E-state index contributed by atoms with van der Waals surface area (Å²) in [6, 6.07) is 6.82. The summed E-state index contributed by atoms with van der Waals surface area (Å²) in [7, 11) is 1.79. The Kier molecular flexibility index (Phi) is 5.70. The molecule has 110 valence electrons. The molecule has 1 aromatic rings. The number of hydrogen-bond acceptors (Lipinski definition) is 3. The number of benzene rings is 1. The van der Waals surface area contributed by atoms with Gasteiger partial charge in [0, 0.05) is 26.7 Å². The Morgan fingerprint density at radius 1 is 1.35 bits per heavy atom. The first kappa shape index (κ1) is 15.2. The Balaban J connectivity index is 2.09. The van der Waals surface area contributed by atoms with E-state index in [0.29, 0.717) is 11.7 Å². The van der Waals surface area contributed by atoms with Gasteiger partial charge in [-0.2, -0.15) is 0 Å². The van der Waals surface area contributed by atoms with E-state index < -0.39 is 0 Å². The minimum absolute atomic E-state index is 0.158. The molecule has 0 unspecified atom stereocenters. The summed E-state index contributed by atoms with van der Waals surface area (Å²) in [5.41, 5.74) is 1.08. The van der Waals surface area contributed by atoms with Crippen LogP contribution in [0, 0.1) is 5.82 Å². The summed E-state index contributed by atoms with van der Waals surface area (Å²) < 4.78 is 18.5. The normalized spacial score (nSPS) is 17.5. The molecule has 20 heavy (non-hydrogen) atoms. The molecule has 0 amide bonds. The molecule has 0 aromatic heterocycles. The number of halogens is 1. The Labute approximate surface area is 124 Å². The van der Waals surface area contributed by atoms with Crippen LogP contribution in [-0.4, -0.2) is 49.9 Å². The van der Waals surface area contributed by atoms with E-state index >= 15 is 0 Å². The molecule has 1 aliphatic rings. The van der Waals surface area contributed by atoms with Crippen molar-refractivity contribution in [1.29, 1.82) is 0 Å². The van der Waals surface area contributed by atoms with Gasteiger partial charge in [0.05, 0.1) is 19.3 Å². The number of thiocarbonyl (C=S) groups is 1. The van der Waals surface area contributed by atoms with Crippen LogP contribution in [0.3, 0.4) is 0 Å². The van der Waals surface area contributed by atoms with Crippen molar-refractivity contribution in [2.45, 2.75) is 6.04 Å². The highest BCUT2D eigenvalue weighted by Gasteiger charge is 2.22. The topological polar surface area (TPSA) is 36.5 Å². The van der Waals surface area contributed by atoms with Crippen LogP contribution in [0.25, 0.3) is 0 Å². The number of hydrogen-bond donors (Lipinski definition) is 2. The summed E-state index contributed by atoms with van der Waals surface area (Å²) in [6.45, 7) is 3.89. The largest absolute Gasteiger partial charge is 0.379 e. The quantitative estimate of drug-likeness (QED) is 0.819. The molecule has 1 aromatic carbocycles. The van der Waals surface area contributed by atoms with Crippen LogP contribution >= 0.6 is 12.2 Å². The molecule has 2 N–H and O–H groups in total. The Hall–Kier alpha value is -1.24. The van der Waals surface area contributed by atoms with Gasteiger partial charge in [0.1, 0.15) is 5.82 Å². The standard InChI is InChI=1S/C14H20FN3OS/c1-16-14(20)17-10-13(18-6-8-19-9-7-18)11-2-4-12(15)5-3-11/h2-5,13H,6-10H2,1H3,(H2,16,17,20)/t13-/m1/s1. The van der Waals surface area contributed by atoms with Crippen molar-refractivity contribution < 1.29 is 9.13 Å². The van der Waals surface area contributed by atoms with Crippen molar-refractivity contribution in [3.05, 3.63) is 35.6 Å². The molecule has 0 radical (unpaired) electrons. The third-order valence-electron chi connectivity index (χ3n) is 3.42. The van der Waals surface area contributed by atoms with Gasteiger partial charge in [-0.05, 0) is 29.9 Å². The van der Waals surface area contributed by atoms with E-state index in [4.69, 9.17) is 17.0 Å². The van der Waals surface area contributed by atoms with Gasteiger partial charge >= 0.3 is 0 Å². The van der Waals surface area contributed by atoms with Crippen molar-refractivity contribution in [3.8, 4) is 0 Å². The van der Waals surface area contributed by atoms with Gasteiger partial charge in [0.25, 0.3) is 0 Å². The average Bonchev–Trinajstić information content (AvgIpc) is 2.50. The van der Waals surface area contributed by atoms with Crippen LogP contribution in [0.5, 0.6) is 0 Å². The van der Waals surface area contributed by atoms with E-state index in [9.17, 15) is 4.39 Å². The van der Waals surface area contributed by atoms with E-state index in [1.807, 2.05) is 12.1 Å². The molecule has 1 atom stereocenters. The van der Waals surface area contributed by atoms with E-state index in [1.54, 1.807) is 7.05 Å². The second-order valence-corrected chi connectivity index (χ2v) is 5.08. The maximum Gasteiger partial charge on any atom is 0.166 e. The lowest BCUT2D eigenvalue weighted by atomic mass is 10.0. The van der Waals surface area contributed by atoms with Crippen LogP contribution in [0.1, 0.15) is 11.6 Å². The van der Waals surface area contributed by atoms with Crippen molar-refractivity contribution in [2.24, 2.45) is 0 Å². The fourth-order valence-corrected chi connectivity index (χ4v) is 2.39. The molecule has 1 heterocycles. The number of nitrogens with zero attached hydrogens (tertiary/aromatic N) is 1. The molecule has 1 fully saturated rings. The van der Waals surface area contributed by atoms with Crippen LogP contribution in [0.2, 0.25) is 0 Å². The van der Waals surface area contributed by atoms with Crippen LogP contribution in [-0.2, 0) is 4.74 Å². The Bertz CT molecular complexity index is 435. The van der Waals surface area contributed by atoms with Crippen LogP contribution in [0.4, 0.5) is 4.39 Å². The lowest BCUT2D eigenvalue weighted by Crippen LogP contribution is -2.45. The van der Waals surface area contributed by atoms with Crippen molar-refractivity contribution in [2.75, 3.05) is 39.9 Å². The molecule has 2 rings (SSSR count). The first-order chi connectivity index (χ1) is 9.70. The van der Waals surface area contributed by atoms with Gasteiger partial charge in [0.2, 0.25) is 0 Å². The molecule has 6 heteroatoms. The summed E-state index contributed by atoms with van der Waals surface area (Å²) in [6.07, 6.45) is 0. The minimum Gasteiger partial charge on any atom is -0.379 e. The van der Waals surface area contributed by atoms with E-state index in [0.717, 1.165) is 31.9 Å². The van der Waals surface area contributed by atoms with Crippen LogP contribution in [0.15, 0.2) is 24.3 Å². The molecule has 1 aliphatic heterocycles. The summed E-state index contributed by atoms with van der Waals surface area (Å²) >= 11 is 5.12. The smallest absolute Gasteiger partial charge is 0.166 e. The predicted octanol–water partition coefficient (Wildman–Crippen LogP) is 1.29. The van der Waals surface area contributed by atoms with Gasteiger partial charge in [-0.3, -0.25) is 4.90 Å². The van der Waals surface area contributed by atoms with Crippen molar-refractivity contribution in [1.82, 2.24) is 15.5 Å². The highest BCUT2D eigenvalue weighted by atomic mass is 32.1. The summed E-state index contributed by atoms with van der Waals surface area (Å²) in [5, 5.41) is 6.70. The zero-order chi connectivity index (χ0) is 14.4. The first-order valence-corrected chi connectivity index (χ1v) is 7.14. The molecule has 0 aliphatic carbocycles. The molecule has 1 saturated heterocycles. The lowest BCUT2D eigenvalue weighted by Gasteiger charge is -2.35.